The average Bonchev–Trinajstić information content (AvgIpc) is 2.09. The molecule has 0 radical (unpaired) electrons. The van der Waals surface area contributed by atoms with E-state index in [1.165, 1.54) is 6.07 Å². The Morgan fingerprint density at radius 1 is 1.29 bits per heavy atom. The predicted molar refractivity (Wildman–Crippen MR) is 51.2 cm³/mol. The van der Waals surface area contributed by atoms with E-state index < -0.39 is 10.0 Å². The van der Waals surface area contributed by atoms with Crippen molar-refractivity contribution in [3.05, 3.63) is 29.3 Å². The molecule has 0 saturated carbocycles. The molecule has 5 heteroatoms. The summed E-state index contributed by atoms with van der Waals surface area (Å²) in [7, 11) is -3.86. The Bertz CT molecular complexity index is 499. The zero-order valence-corrected chi connectivity index (χ0v) is 8.63. The molecule has 0 N–H and O–H groups in total. The van der Waals surface area contributed by atoms with Gasteiger partial charge in [-0.15, -0.1) is 0 Å². The molecule has 0 spiro atoms. The van der Waals surface area contributed by atoms with Crippen molar-refractivity contribution in [1.29, 1.82) is 0 Å². The summed E-state index contributed by atoms with van der Waals surface area (Å²) in [6.45, 7) is 3.41. The molecule has 1 aromatic rings. The van der Waals surface area contributed by atoms with Crippen LogP contribution >= 0.6 is 0 Å². The molecule has 0 fully saturated rings. The number of rotatable bonds is 2. The highest BCUT2D eigenvalue weighted by Crippen LogP contribution is 2.18. The summed E-state index contributed by atoms with van der Waals surface area (Å²) in [6, 6.07) is 4.94. The van der Waals surface area contributed by atoms with E-state index in [0.29, 0.717) is 5.56 Å². The van der Waals surface area contributed by atoms with Gasteiger partial charge in [0.1, 0.15) is 0 Å². The lowest BCUT2D eigenvalue weighted by molar-refractivity contribution is 0.563. The number of carbonyl (C=O) groups excluding carboxylic acids is 1. The van der Waals surface area contributed by atoms with Crippen LogP contribution in [0.2, 0.25) is 0 Å². The summed E-state index contributed by atoms with van der Waals surface area (Å²) in [5.74, 6) is 0. The van der Waals surface area contributed by atoms with Gasteiger partial charge >= 0.3 is 0 Å². The summed E-state index contributed by atoms with van der Waals surface area (Å²) in [5, 5.41) is 0. The fourth-order valence-corrected chi connectivity index (χ4v) is 2.09. The standard InChI is InChI=1S/C9H9NO3S/c1-7-3-4-8(2)9(5-7)14(12,13)10-6-11/h3-5H,1-2H3. The summed E-state index contributed by atoms with van der Waals surface area (Å²) in [5.41, 5.74) is 1.37. The zero-order valence-electron chi connectivity index (χ0n) is 7.81. The lowest BCUT2D eigenvalue weighted by Gasteiger charge is -2.02. The normalized spacial score (nSPS) is 10.7. The fourth-order valence-electron chi connectivity index (χ4n) is 1.08. The molecule has 0 aliphatic rings. The minimum Gasteiger partial charge on any atom is -0.210 e. The van der Waals surface area contributed by atoms with Gasteiger partial charge in [0.05, 0.1) is 4.90 Å². The first-order valence-corrected chi connectivity index (χ1v) is 5.33. The number of hydrogen-bond donors (Lipinski definition) is 0. The van der Waals surface area contributed by atoms with E-state index in [1.807, 2.05) is 0 Å². The van der Waals surface area contributed by atoms with Gasteiger partial charge in [0.15, 0.2) is 0 Å². The molecule has 0 atom stereocenters. The van der Waals surface area contributed by atoms with Crippen LogP contribution in [0.5, 0.6) is 0 Å². The lowest BCUT2D eigenvalue weighted by Crippen LogP contribution is -1.99. The Balaban J connectivity index is 3.46. The SMILES string of the molecule is Cc1ccc(C)c(S(=O)(=O)N=C=O)c1. The Morgan fingerprint density at radius 2 is 1.93 bits per heavy atom. The second kappa shape index (κ2) is 3.74. The van der Waals surface area contributed by atoms with Gasteiger partial charge in [0.25, 0.3) is 16.1 Å². The Labute approximate surface area is 82.3 Å². The van der Waals surface area contributed by atoms with Crippen LogP contribution in [-0.4, -0.2) is 14.5 Å². The molecule has 14 heavy (non-hydrogen) atoms. The molecule has 1 aromatic carbocycles. The van der Waals surface area contributed by atoms with E-state index in [4.69, 9.17) is 0 Å². The molecule has 0 heterocycles. The van der Waals surface area contributed by atoms with Crippen molar-refractivity contribution < 1.29 is 13.2 Å². The van der Waals surface area contributed by atoms with Crippen LogP contribution in [0, 0.1) is 13.8 Å². The maximum atomic E-state index is 11.4. The number of sulfonamides is 1. The molecule has 0 unspecified atom stereocenters. The molecule has 0 bridgehead atoms. The number of nitrogens with zero attached hydrogens (tertiary/aromatic N) is 1. The van der Waals surface area contributed by atoms with Crippen LogP contribution < -0.4 is 0 Å². The topological polar surface area (TPSA) is 63.6 Å². The van der Waals surface area contributed by atoms with Crippen LogP contribution in [0.3, 0.4) is 0 Å². The quantitative estimate of drug-likeness (QED) is 0.547. The monoisotopic (exact) mass is 211 g/mol. The van der Waals surface area contributed by atoms with Crippen LogP contribution in [-0.2, 0) is 14.8 Å². The number of hydrogen-bond acceptors (Lipinski definition) is 3. The summed E-state index contributed by atoms with van der Waals surface area (Å²) in [6.07, 6.45) is 1.04. The van der Waals surface area contributed by atoms with E-state index in [1.54, 1.807) is 26.0 Å². The van der Waals surface area contributed by atoms with Crippen molar-refractivity contribution in [2.24, 2.45) is 4.40 Å². The number of aryl methyl sites for hydroxylation is 2. The predicted octanol–water partition coefficient (Wildman–Crippen LogP) is 1.33. The van der Waals surface area contributed by atoms with Crippen LogP contribution in [0.1, 0.15) is 11.1 Å². The van der Waals surface area contributed by atoms with Crippen molar-refractivity contribution in [1.82, 2.24) is 0 Å². The van der Waals surface area contributed by atoms with E-state index in [9.17, 15) is 13.2 Å². The maximum absolute atomic E-state index is 11.4. The molecule has 0 aliphatic carbocycles. The van der Waals surface area contributed by atoms with Crippen molar-refractivity contribution in [2.75, 3.05) is 0 Å². The summed E-state index contributed by atoms with van der Waals surface area (Å²) >= 11 is 0. The minimum absolute atomic E-state index is 0.0563. The molecular weight excluding hydrogens is 202 g/mol. The molecule has 0 aromatic heterocycles. The third-order valence-electron chi connectivity index (χ3n) is 1.78. The van der Waals surface area contributed by atoms with Crippen LogP contribution in [0.4, 0.5) is 0 Å². The Kier molecular flexibility index (Phi) is 2.84. The molecule has 1 rings (SSSR count). The van der Waals surface area contributed by atoms with Gasteiger partial charge in [0.2, 0.25) is 0 Å². The third kappa shape index (κ3) is 2.07. The molecule has 0 amide bonds. The van der Waals surface area contributed by atoms with Crippen LogP contribution in [0.25, 0.3) is 0 Å². The van der Waals surface area contributed by atoms with E-state index in [2.05, 4.69) is 4.40 Å². The van der Waals surface area contributed by atoms with Gasteiger partial charge < -0.3 is 0 Å². The van der Waals surface area contributed by atoms with Crippen molar-refractivity contribution >= 4 is 16.1 Å². The largest absolute Gasteiger partial charge is 0.292 e. The first kappa shape index (κ1) is 10.6. The first-order chi connectivity index (χ1) is 6.47. The zero-order chi connectivity index (χ0) is 10.8. The van der Waals surface area contributed by atoms with Gasteiger partial charge in [-0.25, -0.2) is 4.79 Å². The highest BCUT2D eigenvalue weighted by molar-refractivity contribution is 7.90. The van der Waals surface area contributed by atoms with Crippen molar-refractivity contribution in [3.8, 4) is 0 Å². The first-order valence-electron chi connectivity index (χ1n) is 3.89. The van der Waals surface area contributed by atoms with Crippen molar-refractivity contribution in [3.63, 3.8) is 0 Å². The van der Waals surface area contributed by atoms with Gasteiger partial charge in [-0.3, -0.25) is 0 Å². The maximum Gasteiger partial charge on any atom is 0.292 e. The van der Waals surface area contributed by atoms with E-state index in [-0.39, 0.29) is 4.90 Å². The average molecular weight is 211 g/mol. The third-order valence-corrected chi connectivity index (χ3v) is 3.09. The highest BCUT2D eigenvalue weighted by atomic mass is 32.2. The van der Waals surface area contributed by atoms with E-state index in [0.717, 1.165) is 11.6 Å². The van der Waals surface area contributed by atoms with Gasteiger partial charge in [-0.1, -0.05) is 16.5 Å². The molecular formula is C9H9NO3S. The lowest BCUT2D eigenvalue weighted by atomic mass is 10.2. The second-order valence-electron chi connectivity index (χ2n) is 2.93. The second-order valence-corrected chi connectivity index (χ2v) is 4.50. The summed E-state index contributed by atoms with van der Waals surface area (Å²) in [4.78, 5) is 9.98. The minimum atomic E-state index is -3.86. The van der Waals surface area contributed by atoms with E-state index >= 15 is 0 Å². The number of benzene rings is 1. The van der Waals surface area contributed by atoms with Crippen molar-refractivity contribution in [2.45, 2.75) is 18.7 Å². The highest BCUT2D eigenvalue weighted by Gasteiger charge is 2.15. The van der Waals surface area contributed by atoms with Gasteiger partial charge in [0, 0.05) is 0 Å². The van der Waals surface area contributed by atoms with Gasteiger partial charge in [-0.2, -0.15) is 8.42 Å². The van der Waals surface area contributed by atoms with Gasteiger partial charge in [-0.05, 0) is 31.0 Å². The summed E-state index contributed by atoms with van der Waals surface area (Å²) < 4.78 is 25.5. The molecule has 0 aliphatic heterocycles. The molecule has 4 nitrogen and oxygen atoms in total. The molecule has 74 valence electrons. The smallest absolute Gasteiger partial charge is 0.210 e. The Hall–Kier alpha value is -1.45. The molecule has 0 saturated heterocycles. The van der Waals surface area contributed by atoms with Crippen LogP contribution in [0.15, 0.2) is 27.5 Å². The fraction of sp³-hybridized carbons (Fsp3) is 0.222. The number of isocyanates is 1. The Morgan fingerprint density at radius 3 is 2.50 bits per heavy atom.